The maximum Gasteiger partial charge on any atom is 0.226 e. The van der Waals surface area contributed by atoms with Crippen LogP contribution in [0, 0.1) is 0 Å². The molecule has 3 rings (SSSR count). The van der Waals surface area contributed by atoms with Crippen molar-refractivity contribution in [2.45, 2.75) is 25.4 Å². The predicted octanol–water partition coefficient (Wildman–Crippen LogP) is 2.80. The van der Waals surface area contributed by atoms with E-state index in [-0.39, 0.29) is 24.0 Å². The molecule has 6 nitrogen and oxygen atoms in total. The molecule has 0 spiro atoms. The number of aliphatic imine (C=N–C) groups is 1. The summed E-state index contributed by atoms with van der Waals surface area (Å²) in [4.78, 5) is 8.76. The van der Waals surface area contributed by atoms with Gasteiger partial charge in [0.15, 0.2) is 5.96 Å². The van der Waals surface area contributed by atoms with Gasteiger partial charge in [0.2, 0.25) is 5.89 Å². The van der Waals surface area contributed by atoms with Crippen molar-refractivity contribution in [3.63, 3.8) is 0 Å². The van der Waals surface area contributed by atoms with Gasteiger partial charge in [0.1, 0.15) is 6.26 Å². The van der Waals surface area contributed by atoms with Crippen LogP contribution in [0.5, 0.6) is 0 Å². The molecule has 0 radical (unpaired) electrons. The Morgan fingerprint density at radius 3 is 2.71 bits per heavy atom. The highest BCUT2D eigenvalue weighted by Gasteiger charge is 2.15. The maximum absolute atomic E-state index is 5.54. The average Bonchev–Trinajstić information content (AvgIpc) is 3.09. The summed E-state index contributed by atoms with van der Waals surface area (Å²) >= 11 is 0. The van der Waals surface area contributed by atoms with Gasteiger partial charge in [-0.25, -0.2) is 4.98 Å². The fourth-order valence-electron chi connectivity index (χ4n) is 2.51. The van der Waals surface area contributed by atoms with Crippen LogP contribution in [0.2, 0.25) is 0 Å². The molecule has 0 aliphatic carbocycles. The summed E-state index contributed by atoms with van der Waals surface area (Å²) < 4.78 is 10.9. The van der Waals surface area contributed by atoms with E-state index >= 15 is 0 Å². The zero-order chi connectivity index (χ0) is 15.9. The zero-order valence-electron chi connectivity index (χ0n) is 13.7. The van der Waals surface area contributed by atoms with Crippen molar-refractivity contribution in [2.75, 3.05) is 20.3 Å². The summed E-state index contributed by atoms with van der Waals surface area (Å²) in [5, 5.41) is 6.69. The lowest BCUT2D eigenvalue weighted by molar-refractivity contribution is 0.0822. The minimum Gasteiger partial charge on any atom is -0.444 e. The molecular weight excluding hydrogens is 419 g/mol. The van der Waals surface area contributed by atoms with Gasteiger partial charge in [0.05, 0.1) is 12.2 Å². The minimum atomic E-state index is 0. The van der Waals surface area contributed by atoms with Crippen molar-refractivity contribution in [3.8, 4) is 11.5 Å². The van der Waals surface area contributed by atoms with Crippen molar-refractivity contribution in [1.82, 2.24) is 15.6 Å². The van der Waals surface area contributed by atoms with Gasteiger partial charge in [-0.05, 0) is 25.0 Å². The Kier molecular flexibility index (Phi) is 7.51. The van der Waals surface area contributed by atoms with Crippen LogP contribution in [0.4, 0.5) is 0 Å². The normalized spacial score (nSPS) is 15.6. The number of hydrogen-bond acceptors (Lipinski definition) is 4. The number of aromatic nitrogens is 1. The van der Waals surface area contributed by atoms with Crippen molar-refractivity contribution >= 4 is 29.9 Å². The van der Waals surface area contributed by atoms with Crippen molar-refractivity contribution < 1.29 is 9.15 Å². The molecule has 1 aliphatic heterocycles. The van der Waals surface area contributed by atoms with Crippen molar-refractivity contribution in [3.05, 3.63) is 42.3 Å². The molecular formula is C17H23IN4O2. The molecule has 2 aromatic rings. The number of guanidine groups is 1. The first-order chi connectivity index (χ1) is 11.3. The molecule has 24 heavy (non-hydrogen) atoms. The maximum atomic E-state index is 5.54. The number of ether oxygens (including phenoxy) is 1. The summed E-state index contributed by atoms with van der Waals surface area (Å²) in [5.41, 5.74) is 1.82. The summed E-state index contributed by atoms with van der Waals surface area (Å²) in [6, 6.07) is 10.3. The number of rotatable bonds is 4. The number of halogens is 1. The highest BCUT2D eigenvalue weighted by molar-refractivity contribution is 14.0. The van der Waals surface area contributed by atoms with E-state index in [0.29, 0.717) is 18.5 Å². The minimum absolute atomic E-state index is 0. The van der Waals surface area contributed by atoms with Gasteiger partial charge in [-0.3, -0.25) is 4.99 Å². The van der Waals surface area contributed by atoms with Crippen LogP contribution >= 0.6 is 24.0 Å². The smallest absolute Gasteiger partial charge is 0.226 e. The van der Waals surface area contributed by atoms with Crippen molar-refractivity contribution in [1.29, 1.82) is 0 Å². The molecule has 7 heteroatoms. The highest BCUT2D eigenvalue weighted by atomic mass is 127. The van der Waals surface area contributed by atoms with Crippen LogP contribution in [0.3, 0.4) is 0 Å². The van der Waals surface area contributed by atoms with Crippen LogP contribution in [0.15, 0.2) is 46.0 Å². The molecule has 130 valence electrons. The van der Waals surface area contributed by atoms with Gasteiger partial charge in [-0.1, -0.05) is 18.2 Å². The largest absolute Gasteiger partial charge is 0.444 e. The van der Waals surface area contributed by atoms with Gasteiger partial charge in [-0.2, -0.15) is 0 Å². The van der Waals surface area contributed by atoms with E-state index in [1.165, 1.54) is 0 Å². The number of nitrogens with one attached hydrogen (secondary N) is 2. The van der Waals surface area contributed by atoms with E-state index in [1.54, 1.807) is 13.3 Å². The van der Waals surface area contributed by atoms with Crippen LogP contribution < -0.4 is 10.6 Å². The first kappa shape index (κ1) is 18.7. The van der Waals surface area contributed by atoms with Crippen LogP contribution in [-0.2, 0) is 11.3 Å². The second kappa shape index (κ2) is 9.63. The molecule has 0 bridgehead atoms. The number of oxazole rings is 1. The Morgan fingerprint density at radius 1 is 1.25 bits per heavy atom. The zero-order valence-corrected chi connectivity index (χ0v) is 16.0. The molecule has 2 N–H and O–H groups in total. The molecule has 0 amide bonds. The van der Waals surface area contributed by atoms with E-state index < -0.39 is 0 Å². The molecule has 0 atom stereocenters. The lowest BCUT2D eigenvalue weighted by atomic mass is 10.1. The van der Waals surface area contributed by atoms with E-state index in [9.17, 15) is 0 Å². The molecule has 0 unspecified atom stereocenters. The lowest BCUT2D eigenvalue weighted by Gasteiger charge is -2.24. The highest BCUT2D eigenvalue weighted by Crippen LogP contribution is 2.17. The van der Waals surface area contributed by atoms with Crippen LogP contribution in [-0.4, -0.2) is 37.2 Å². The summed E-state index contributed by atoms with van der Waals surface area (Å²) in [5.74, 6) is 1.41. The number of hydrogen-bond donors (Lipinski definition) is 2. The summed E-state index contributed by atoms with van der Waals surface area (Å²) in [7, 11) is 1.77. The van der Waals surface area contributed by atoms with Crippen LogP contribution in [0.1, 0.15) is 18.5 Å². The average molecular weight is 442 g/mol. The molecule has 1 aliphatic rings. The monoisotopic (exact) mass is 442 g/mol. The molecule has 2 heterocycles. The third-order valence-corrected chi connectivity index (χ3v) is 3.80. The van der Waals surface area contributed by atoms with Crippen molar-refractivity contribution in [2.24, 2.45) is 4.99 Å². The third-order valence-electron chi connectivity index (χ3n) is 3.80. The molecule has 1 saturated heterocycles. The van der Waals surface area contributed by atoms with Gasteiger partial charge in [-0.15, -0.1) is 24.0 Å². The lowest BCUT2D eigenvalue weighted by Crippen LogP contribution is -2.45. The summed E-state index contributed by atoms with van der Waals surface area (Å²) in [6.07, 6.45) is 3.68. The Hall–Kier alpha value is -1.61. The Balaban J connectivity index is 0.00000208. The van der Waals surface area contributed by atoms with Gasteiger partial charge < -0.3 is 19.8 Å². The standard InChI is InChI=1S/C17H22N4O2.HI/c1-18-17(21-14-7-9-22-10-8-14)19-11-15-12-23-16(20-15)13-5-3-2-4-6-13;/h2-6,12,14H,7-11H2,1H3,(H2,18,19,21);1H. The van der Waals surface area contributed by atoms with Gasteiger partial charge >= 0.3 is 0 Å². The number of benzene rings is 1. The topological polar surface area (TPSA) is 71.7 Å². The molecule has 1 fully saturated rings. The van der Waals surface area contributed by atoms with Gasteiger partial charge in [0, 0.05) is 31.9 Å². The first-order valence-electron chi connectivity index (χ1n) is 7.90. The fourth-order valence-corrected chi connectivity index (χ4v) is 2.51. The quantitative estimate of drug-likeness (QED) is 0.433. The second-order valence-electron chi connectivity index (χ2n) is 5.47. The van der Waals surface area contributed by atoms with E-state index in [1.807, 2.05) is 30.3 Å². The Morgan fingerprint density at radius 2 is 2.00 bits per heavy atom. The third kappa shape index (κ3) is 5.20. The van der Waals surface area contributed by atoms with E-state index in [4.69, 9.17) is 9.15 Å². The van der Waals surface area contributed by atoms with Gasteiger partial charge in [0.25, 0.3) is 0 Å². The van der Waals surface area contributed by atoms with E-state index in [2.05, 4.69) is 20.6 Å². The summed E-state index contributed by atoms with van der Waals surface area (Å²) in [6.45, 7) is 2.18. The SMILES string of the molecule is CN=C(NCc1coc(-c2ccccc2)n1)NC1CCOCC1.I. The first-order valence-corrected chi connectivity index (χ1v) is 7.90. The van der Waals surface area contributed by atoms with E-state index in [0.717, 1.165) is 43.3 Å². The van der Waals surface area contributed by atoms with Crippen LogP contribution in [0.25, 0.3) is 11.5 Å². The Bertz CT molecular complexity index is 639. The molecule has 1 aromatic carbocycles. The fraction of sp³-hybridized carbons (Fsp3) is 0.412. The molecule has 1 aromatic heterocycles. The predicted molar refractivity (Wildman–Crippen MR) is 105 cm³/mol. The number of nitrogens with zero attached hydrogens (tertiary/aromatic N) is 2. The Labute approximate surface area is 159 Å². The molecule has 0 saturated carbocycles. The second-order valence-corrected chi connectivity index (χ2v) is 5.47.